The molecule has 2 atom stereocenters. The molecule has 0 spiro atoms. The molecule has 0 bridgehead atoms. The largest absolute Gasteiger partial charge is 0.507 e. The first-order chi connectivity index (χ1) is 18.8. The number of rotatable bonds is 10. The van der Waals surface area contributed by atoms with E-state index in [2.05, 4.69) is 10.6 Å². The molecule has 0 saturated heterocycles. The van der Waals surface area contributed by atoms with Crippen molar-refractivity contribution in [2.24, 2.45) is 5.73 Å². The zero-order valence-corrected chi connectivity index (χ0v) is 23.5. The number of carbonyl (C=O) groups excluding carboxylic acids is 4. The number of amides is 4. The van der Waals surface area contributed by atoms with Crippen LogP contribution in [0.4, 0.5) is 10.5 Å². The Morgan fingerprint density at radius 2 is 1.75 bits per heavy atom. The molecule has 0 heterocycles. The Morgan fingerprint density at radius 3 is 2.27 bits per heavy atom. The minimum Gasteiger partial charge on any atom is -0.507 e. The number of phenols is 1. The molecule has 2 unspecified atom stereocenters. The summed E-state index contributed by atoms with van der Waals surface area (Å²) in [7, 11) is 1.53. The van der Waals surface area contributed by atoms with Gasteiger partial charge in [-0.25, -0.2) is 4.79 Å². The number of anilines is 1. The Morgan fingerprint density at radius 1 is 1.10 bits per heavy atom. The first-order valence-electron chi connectivity index (χ1n) is 13.1. The second kappa shape index (κ2) is 12.7. The standard InChI is InChI=1S/C29H38N4O7/c1-17-8-6-11-21(25(17)35)24(26(36)31-18-12-14-20(39-5)15-13-18)33(19-9-7-10-19)27(37)22(16-23(30)34)32-28(38)40-29(2,3)4/h6,8,11-15,19,22,24,35H,7,9-10,16H2,1-5H3,(H2,30,34)(H,31,36)(H,32,38). The van der Waals surface area contributed by atoms with Crippen LogP contribution in [0.25, 0.3) is 0 Å². The van der Waals surface area contributed by atoms with Gasteiger partial charge in [-0.05, 0) is 76.8 Å². The number of aryl methyl sites for hydroxylation is 1. The third-order valence-electron chi connectivity index (χ3n) is 6.56. The summed E-state index contributed by atoms with van der Waals surface area (Å²) >= 11 is 0. The van der Waals surface area contributed by atoms with E-state index in [1.807, 2.05) is 0 Å². The number of benzene rings is 2. The van der Waals surface area contributed by atoms with E-state index in [1.165, 1.54) is 12.0 Å². The smallest absolute Gasteiger partial charge is 0.408 e. The van der Waals surface area contributed by atoms with Gasteiger partial charge in [0, 0.05) is 17.3 Å². The molecule has 0 aliphatic heterocycles. The lowest BCUT2D eigenvalue weighted by Crippen LogP contribution is -2.57. The van der Waals surface area contributed by atoms with Crippen LogP contribution >= 0.6 is 0 Å². The molecule has 1 aliphatic rings. The Kier molecular flexibility index (Phi) is 9.62. The summed E-state index contributed by atoms with van der Waals surface area (Å²) in [6, 6.07) is 8.55. The van der Waals surface area contributed by atoms with E-state index in [1.54, 1.807) is 70.2 Å². The number of carbonyl (C=O) groups is 4. The maximum Gasteiger partial charge on any atom is 0.408 e. The van der Waals surface area contributed by atoms with Crippen molar-refractivity contribution in [1.29, 1.82) is 0 Å². The summed E-state index contributed by atoms with van der Waals surface area (Å²) in [5.74, 6) is -1.63. The summed E-state index contributed by atoms with van der Waals surface area (Å²) in [6.07, 6.45) is 0.605. The topological polar surface area (TPSA) is 160 Å². The van der Waals surface area contributed by atoms with Crippen molar-refractivity contribution in [2.45, 2.75) is 77.1 Å². The highest BCUT2D eigenvalue weighted by atomic mass is 16.6. The van der Waals surface area contributed by atoms with Crippen molar-refractivity contribution in [3.63, 3.8) is 0 Å². The quantitative estimate of drug-likeness (QED) is 0.349. The zero-order chi connectivity index (χ0) is 29.6. The summed E-state index contributed by atoms with van der Waals surface area (Å²) in [6.45, 7) is 6.68. The molecule has 11 heteroatoms. The number of hydrogen-bond acceptors (Lipinski definition) is 7. The van der Waals surface area contributed by atoms with Crippen molar-refractivity contribution in [3.05, 3.63) is 53.6 Å². The number of ether oxygens (including phenoxy) is 2. The average molecular weight is 555 g/mol. The number of nitrogens with zero attached hydrogens (tertiary/aromatic N) is 1. The minimum atomic E-state index is -1.39. The lowest BCUT2D eigenvalue weighted by atomic mass is 9.87. The lowest BCUT2D eigenvalue weighted by molar-refractivity contribution is -0.146. The van der Waals surface area contributed by atoms with Crippen LogP contribution in [-0.2, 0) is 19.1 Å². The van der Waals surface area contributed by atoms with Crippen LogP contribution in [-0.4, -0.2) is 58.6 Å². The highest BCUT2D eigenvalue weighted by Gasteiger charge is 2.43. The molecule has 216 valence electrons. The molecule has 1 fully saturated rings. The SMILES string of the molecule is COc1ccc(NC(=O)C(c2cccc(C)c2O)N(C(=O)C(CC(N)=O)NC(=O)OC(C)(C)C)C2CCC2)cc1. The molecule has 40 heavy (non-hydrogen) atoms. The van der Waals surface area contributed by atoms with Crippen LogP contribution in [0.2, 0.25) is 0 Å². The van der Waals surface area contributed by atoms with Crippen LogP contribution in [0.15, 0.2) is 42.5 Å². The Labute approximate surface area is 234 Å². The van der Waals surface area contributed by atoms with E-state index in [0.717, 1.165) is 6.42 Å². The van der Waals surface area contributed by atoms with E-state index < -0.39 is 47.9 Å². The fourth-order valence-corrected chi connectivity index (χ4v) is 4.42. The van der Waals surface area contributed by atoms with Gasteiger partial charge in [0.05, 0.1) is 13.5 Å². The molecule has 0 aromatic heterocycles. The number of para-hydroxylation sites is 1. The van der Waals surface area contributed by atoms with E-state index >= 15 is 0 Å². The number of nitrogens with one attached hydrogen (secondary N) is 2. The van der Waals surface area contributed by atoms with Gasteiger partial charge in [0.2, 0.25) is 11.8 Å². The molecule has 11 nitrogen and oxygen atoms in total. The third kappa shape index (κ3) is 7.64. The van der Waals surface area contributed by atoms with Crippen LogP contribution < -0.4 is 21.1 Å². The minimum absolute atomic E-state index is 0.138. The van der Waals surface area contributed by atoms with Crippen LogP contribution in [0, 0.1) is 6.92 Å². The van der Waals surface area contributed by atoms with Crippen molar-refractivity contribution < 1.29 is 33.8 Å². The first-order valence-corrected chi connectivity index (χ1v) is 13.1. The monoisotopic (exact) mass is 554 g/mol. The molecule has 2 aromatic carbocycles. The van der Waals surface area contributed by atoms with Crippen molar-refractivity contribution in [2.75, 3.05) is 12.4 Å². The number of primary amides is 1. The molecule has 1 saturated carbocycles. The summed E-state index contributed by atoms with van der Waals surface area (Å²) in [5, 5.41) is 16.3. The van der Waals surface area contributed by atoms with Gasteiger partial charge in [0.1, 0.15) is 29.2 Å². The molecular formula is C29H38N4O7. The Balaban J connectivity index is 2.06. The maximum atomic E-state index is 14.1. The number of nitrogens with two attached hydrogens (primary N) is 1. The van der Waals surface area contributed by atoms with Gasteiger partial charge >= 0.3 is 6.09 Å². The van der Waals surface area contributed by atoms with Gasteiger partial charge in [-0.15, -0.1) is 0 Å². The summed E-state index contributed by atoms with van der Waals surface area (Å²) in [5.41, 5.74) is 5.76. The van der Waals surface area contributed by atoms with Gasteiger partial charge in [0.15, 0.2) is 0 Å². The fraction of sp³-hybridized carbons (Fsp3) is 0.448. The fourth-order valence-electron chi connectivity index (χ4n) is 4.42. The second-order valence-corrected chi connectivity index (χ2v) is 10.8. The van der Waals surface area contributed by atoms with E-state index in [-0.39, 0.29) is 17.4 Å². The number of methoxy groups -OCH3 is 1. The van der Waals surface area contributed by atoms with Crippen molar-refractivity contribution in [1.82, 2.24) is 10.2 Å². The molecule has 1 aliphatic carbocycles. The van der Waals surface area contributed by atoms with Crippen LogP contribution in [0.3, 0.4) is 0 Å². The number of aromatic hydroxyl groups is 1. The highest BCUT2D eigenvalue weighted by Crippen LogP contribution is 2.38. The van der Waals surface area contributed by atoms with E-state index in [4.69, 9.17) is 15.2 Å². The molecule has 5 N–H and O–H groups in total. The van der Waals surface area contributed by atoms with Crippen molar-refractivity contribution >= 4 is 29.5 Å². The second-order valence-electron chi connectivity index (χ2n) is 10.8. The highest BCUT2D eigenvalue weighted by molar-refractivity contribution is 6.00. The number of hydrogen-bond donors (Lipinski definition) is 4. The van der Waals surface area contributed by atoms with Crippen LogP contribution in [0.1, 0.15) is 63.6 Å². The van der Waals surface area contributed by atoms with E-state index in [0.29, 0.717) is 29.8 Å². The average Bonchev–Trinajstić information content (AvgIpc) is 2.83. The van der Waals surface area contributed by atoms with Gasteiger partial charge in [-0.3, -0.25) is 14.4 Å². The summed E-state index contributed by atoms with van der Waals surface area (Å²) in [4.78, 5) is 54.0. The molecule has 3 rings (SSSR count). The zero-order valence-electron chi connectivity index (χ0n) is 23.5. The molecular weight excluding hydrogens is 516 g/mol. The van der Waals surface area contributed by atoms with Gasteiger partial charge in [-0.1, -0.05) is 18.2 Å². The molecule has 2 aromatic rings. The number of phenolic OH excluding ortho intramolecular Hbond substituents is 1. The Hall–Kier alpha value is -4.28. The van der Waals surface area contributed by atoms with Crippen LogP contribution in [0.5, 0.6) is 11.5 Å². The third-order valence-corrected chi connectivity index (χ3v) is 6.56. The van der Waals surface area contributed by atoms with Gasteiger partial charge in [0.25, 0.3) is 5.91 Å². The molecule has 4 amide bonds. The predicted octanol–water partition coefficient (Wildman–Crippen LogP) is 3.54. The van der Waals surface area contributed by atoms with Gasteiger partial charge < -0.3 is 35.8 Å². The Bertz CT molecular complexity index is 1240. The van der Waals surface area contributed by atoms with E-state index in [9.17, 15) is 24.3 Å². The lowest BCUT2D eigenvalue weighted by Gasteiger charge is -2.43. The maximum absolute atomic E-state index is 14.1. The predicted molar refractivity (Wildman–Crippen MR) is 149 cm³/mol. The van der Waals surface area contributed by atoms with Gasteiger partial charge in [-0.2, -0.15) is 0 Å². The first kappa shape index (κ1) is 30.3. The number of alkyl carbamates (subject to hydrolysis) is 1. The summed E-state index contributed by atoms with van der Waals surface area (Å²) < 4.78 is 10.5. The van der Waals surface area contributed by atoms with Crippen molar-refractivity contribution in [3.8, 4) is 11.5 Å². The molecule has 0 radical (unpaired) electrons. The normalized spacial score (nSPS) is 14.7.